The molecule has 0 amide bonds. The molecule has 2 rings (SSSR count). The Morgan fingerprint density at radius 3 is 2.76 bits per heavy atom. The van der Waals surface area contributed by atoms with Gasteiger partial charge in [-0.2, -0.15) is 0 Å². The molecule has 0 spiro atoms. The van der Waals surface area contributed by atoms with Crippen molar-refractivity contribution in [2.45, 2.75) is 6.54 Å². The van der Waals surface area contributed by atoms with E-state index in [-0.39, 0.29) is 0 Å². The van der Waals surface area contributed by atoms with E-state index in [4.69, 9.17) is 5.73 Å². The molecule has 0 aliphatic rings. The second-order valence-corrected chi connectivity index (χ2v) is 4.78. The van der Waals surface area contributed by atoms with Gasteiger partial charge in [0.25, 0.3) is 0 Å². The van der Waals surface area contributed by atoms with Gasteiger partial charge in [0.15, 0.2) is 0 Å². The lowest BCUT2D eigenvalue weighted by atomic mass is 10.2. The van der Waals surface area contributed by atoms with Gasteiger partial charge in [0, 0.05) is 24.3 Å². The third-order valence-electron chi connectivity index (χ3n) is 2.55. The zero-order valence-corrected chi connectivity index (χ0v) is 11.2. The van der Waals surface area contributed by atoms with Gasteiger partial charge in [-0.1, -0.05) is 34.1 Å². The number of hydrogen-bond acceptors (Lipinski definition) is 3. The van der Waals surface area contributed by atoms with Gasteiger partial charge in [0.2, 0.25) is 0 Å². The van der Waals surface area contributed by atoms with Crippen molar-refractivity contribution < 1.29 is 0 Å². The lowest BCUT2D eigenvalue weighted by molar-refractivity contribution is 0.914. The highest BCUT2D eigenvalue weighted by atomic mass is 79.9. The summed E-state index contributed by atoms with van der Waals surface area (Å²) in [5.41, 5.74) is 8.65. The highest BCUT2D eigenvalue weighted by Crippen LogP contribution is 2.21. The first kappa shape index (κ1) is 11.9. The van der Waals surface area contributed by atoms with Crippen LogP contribution >= 0.6 is 15.9 Å². The van der Waals surface area contributed by atoms with Crippen LogP contribution in [0.4, 0.5) is 11.4 Å². The van der Waals surface area contributed by atoms with Crippen LogP contribution in [0.15, 0.2) is 47.2 Å². The maximum absolute atomic E-state index is 5.72. The molecule has 0 aliphatic carbocycles. The maximum atomic E-state index is 5.72. The summed E-state index contributed by atoms with van der Waals surface area (Å²) in [6.07, 6.45) is 3.46. The number of nitrogen functional groups attached to an aromatic ring is 1. The number of halogens is 1. The van der Waals surface area contributed by atoms with Crippen LogP contribution in [0.5, 0.6) is 0 Å². The fraction of sp³-hybridized carbons (Fsp3) is 0.154. The molecule has 17 heavy (non-hydrogen) atoms. The van der Waals surface area contributed by atoms with Crippen molar-refractivity contribution in [3.8, 4) is 0 Å². The van der Waals surface area contributed by atoms with E-state index in [1.807, 2.05) is 37.5 Å². The van der Waals surface area contributed by atoms with E-state index in [0.29, 0.717) is 5.69 Å². The Balaban J connectivity index is 2.17. The van der Waals surface area contributed by atoms with Crippen LogP contribution in [0, 0.1) is 0 Å². The monoisotopic (exact) mass is 291 g/mol. The molecule has 0 saturated heterocycles. The van der Waals surface area contributed by atoms with Crippen molar-refractivity contribution in [2.24, 2.45) is 0 Å². The summed E-state index contributed by atoms with van der Waals surface area (Å²) < 4.78 is 1.11. The summed E-state index contributed by atoms with van der Waals surface area (Å²) >= 11 is 3.54. The van der Waals surface area contributed by atoms with Crippen molar-refractivity contribution in [3.63, 3.8) is 0 Å². The average Bonchev–Trinajstić information content (AvgIpc) is 2.32. The minimum atomic E-state index is 0.682. The van der Waals surface area contributed by atoms with E-state index >= 15 is 0 Å². The normalized spacial score (nSPS) is 10.2. The molecule has 88 valence electrons. The Bertz CT molecular complexity index is 514. The predicted molar refractivity (Wildman–Crippen MR) is 74.9 cm³/mol. The van der Waals surface area contributed by atoms with Crippen LogP contribution in [0.1, 0.15) is 5.56 Å². The Hall–Kier alpha value is -1.55. The maximum Gasteiger partial charge on any atom is 0.0573 e. The summed E-state index contributed by atoms with van der Waals surface area (Å²) in [5.74, 6) is 0. The molecule has 0 fully saturated rings. The number of aromatic nitrogens is 1. The zero-order chi connectivity index (χ0) is 12.3. The topological polar surface area (TPSA) is 42.2 Å². The first-order chi connectivity index (χ1) is 8.16. The van der Waals surface area contributed by atoms with Crippen LogP contribution < -0.4 is 10.6 Å². The highest BCUT2D eigenvalue weighted by molar-refractivity contribution is 9.10. The summed E-state index contributed by atoms with van der Waals surface area (Å²) in [6, 6.07) is 10.1. The minimum absolute atomic E-state index is 0.682. The number of hydrogen-bond donors (Lipinski definition) is 1. The number of pyridine rings is 1. The van der Waals surface area contributed by atoms with Crippen LogP contribution in [-0.4, -0.2) is 12.0 Å². The van der Waals surface area contributed by atoms with Gasteiger partial charge in [-0.05, 0) is 17.7 Å². The third kappa shape index (κ3) is 2.97. The molecule has 0 radical (unpaired) electrons. The average molecular weight is 292 g/mol. The number of benzene rings is 1. The molecule has 0 atom stereocenters. The number of anilines is 2. The molecule has 2 N–H and O–H groups in total. The van der Waals surface area contributed by atoms with Crippen molar-refractivity contribution in [3.05, 3.63) is 52.8 Å². The molecule has 0 unspecified atom stereocenters. The van der Waals surface area contributed by atoms with Crippen LogP contribution in [-0.2, 0) is 6.54 Å². The molecule has 3 nitrogen and oxygen atoms in total. The standard InChI is InChI=1S/C13H14BrN3/c1-17(12-6-11(15)7-16-8-12)9-10-4-2-3-5-13(10)14/h2-8H,9,15H2,1H3. The second kappa shape index (κ2) is 5.19. The van der Waals surface area contributed by atoms with Gasteiger partial charge in [-0.15, -0.1) is 0 Å². The quantitative estimate of drug-likeness (QED) is 0.945. The Labute approximate surface area is 109 Å². The first-order valence-corrected chi connectivity index (χ1v) is 6.11. The fourth-order valence-electron chi connectivity index (χ4n) is 1.63. The van der Waals surface area contributed by atoms with Crippen LogP contribution in [0.25, 0.3) is 0 Å². The molecule has 2 aromatic rings. The Morgan fingerprint density at radius 1 is 1.29 bits per heavy atom. The van der Waals surface area contributed by atoms with E-state index in [2.05, 4.69) is 31.9 Å². The molecular formula is C13H14BrN3. The zero-order valence-electron chi connectivity index (χ0n) is 9.60. The molecule has 1 aromatic heterocycles. The van der Waals surface area contributed by atoms with Crippen LogP contribution in [0.3, 0.4) is 0 Å². The first-order valence-electron chi connectivity index (χ1n) is 5.32. The van der Waals surface area contributed by atoms with E-state index in [1.165, 1.54) is 5.56 Å². The molecule has 0 aliphatic heterocycles. The van der Waals surface area contributed by atoms with Crippen molar-refractivity contribution >= 4 is 27.3 Å². The minimum Gasteiger partial charge on any atom is -0.397 e. The van der Waals surface area contributed by atoms with E-state index in [9.17, 15) is 0 Å². The summed E-state index contributed by atoms with van der Waals surface area (Å²) in [6.45, 7) is 0.812. The van der Waals surface area contributed by atoms with Crippen molar-refractivity contribution in [1.82, 2.24) is 4.98 Å². The van der Waals surface area contributed by atoms with Crippen molar-refractivity contribution in [1.29, 1.82) is 0 Å². The van der Waals surface area contributed by atoms with Gasteiger partial charge in [0.05, 0.1) is 17.6 Å². The van der Waals surface area contributed by atoms with Gasteiger partial charge in [-0.25, -0.2) is 0 Å². The largest absolute Gasteiger partial charge is 0.397 e. The molecule has 4 heteroatoms. The summed E-state index contributed by atoms with van der Waals surface area (Å²) in [5, 5.41) is 0. The van der Waals surface area contributed by atoms with Gasteiger partial charge in [-0.3, -0.25) is 4.98 Å². The van der Waals surface area contributed by atoms with E-state index in [0.717, 1.165) is 16.7 Å². The van der Waals surface area contributed by atoms with Crippen LogP contribution in [0.2, 0.25) is 0 Å². The lowest BCUT2D eigenvalue weighted by Crippen LogP contribution is -2.17. The Kier molecular flexibility index (Phi) is 3.64. The summed E-state index contributed by atoms with van der Waals surface area (Å²) in [7, 11) is 2.02. The van der Waals surface area contributed by atoms with E-state index in [1.54, 1.807) is 6.20 Å². The smallest absolute Gasteiger partial charge is 0.0573 e. The predicted octanol–water partition coefficient (Wildman–Crippen LogP) is 3.06. The lowest BCUT2D eigenvalue weighted by Gasteiger charge is -2.20. The summed E-state index contributed by atoms with van der Waals surface area (Å²) in [4.78, 5) is 6.21. The number of rotatable bonds is 3. The van der Waals surface area contributed by atoms with Gasteiger partial charge >= 0.3 is 0 Å². The molecule has 1 aromatic carbocycles. The Morgan fingerprint density at radius 2 is 2.06 bits per heavy atom. The van der Waals surface area contributed by atoms with Crippen molar-refractivity contribution in [2.75, 3.05) is 17.7 Å². The van der Waals surface area contributed by atoms with Gasteiger partial charge in [0.1, 0.15) is 0 Å². The number of nitrogens with zero attached hydrogens (tertiary/aromatic N) is 2. The molecule has 0 saturated carbocycles. The SMILES string of the molecule is CN(Cc1ccccc1Br)c1cncc(N)c1. The van der Waals surface area contributed by atoms with E-state index < -0.39 is 0 Å². The third-order valence-corrected chi connectivity index (χ3v) is 3.32. The molecule has 0 bridgehead atoms. The fourth-order valence-corrected chi connectivity index (χ4v) is 2.04. The molecule has 1 heterocycles. The number of nitrogens with two attached hydrogens (primary N) is 1. The highest BCUT2D eigenvalue weighted by Gasteiger charge is 2.05. The van der Waals surface area contributed by atoms with Gasteiger partial charge < -0.3 is 10.6 Å². The molecular weight excluding hydrogens is 278 g/mol. The second-order valence-electron chi connectivity index (χ2n) is 3.92.